The zero-order chi connectivity index (χ0) is 12.8. The molecule has 0 aliphatic rings. The number of unbranched alkanes of at least 4 members (excludes halogenated alkanes) is 1. The van der Waals surface area contributed by atoms with E-state index in [-0.39, 0.29) is 0 Å². The van der Waals surface area contributed by atoms with Gasteiger partial charge in [0.2, 0.25) is 0 Å². The SMILES string of the molecule is C=CCCCSc1nc(C)cc(C)c1C(=O)O. The van der Waals surface area contributed by atoms with Gasteiger partial charge in [-0.25, -0.2) is 9.78 Å². The second-order valence-electron chi connectivity index (χ2n) is 3.85. The Balaban J connectivity index is 2.88. The molecule has 17 heavy (non-hydrogen) atoms. The molecule has 1 rings (SSSR count). The highest BCUT2D eigenvalue weighted by atomic mass is 32.2. The smallest absolute Gasteiger partial charge is 0.338 e. The van der Waals surface area contributed by atoms with Crippen molar-refractivity contribution >= 4 is 17.7 Å². The molecule has 0 bridgehead atoms. The van der Waals surface area contributed by atoms with Crippen LogP contribution in [0.25, 0.3) is 0 Å². The van der Waals surface area contributed by atoms with Crippen molar-refractivity contribution < 1.29 is 9.90 Å². The van der Waals surface area contributed by atoms with Gasteiger partial charge in [-0.2, -0.15) is 0 Å². The summed E-state index contributed by atoms with van der Waals surface area (Å²) in [4.78, 5) is 15.5. The Labute approximate surface area is 106 Å². The highest BCUT2D eigenvalue weighted by Crippen LogP contribution is 2.25. The number of rotatable bonds is 6. The number of hydrogen-bond donors (Lipinski definition) is 1. The first kappa shape index (κ1) is 13.8. The first-order valence-corrected chi connectivity index (χ1v) is 6.50. The van der Waals surface area contributed by atoms with Gasteiger partial charge in [0.15, 0.2) is 0 Å². The quantitative estimate of drug-likeness (QED) is 0.478. The van der Waals surface area contributed by atoms with Gasteiger partial charge in [-0.3, -0.25) is 0 Å². The maximum atomic E-state index is 11.2. The fourth-order valence-corrected chi connectivity index (χ4v) is 2.67. The fraction of sp³-hybridized carbons (Fsp3) is 0.385. The molecule has 0 unspecified atom stereocenters. The van der Waals surface area contributed by atoms with Gasteiger partial charge in [-0.1, -0.05) is 6.08 Å². The minimum absolute atomic E-state index is 0.333. The lowest BCUT2D eigenvalue weighted by Crippen LogP contribution is -2.05. The minimum Gasteiger partial charge on any atom is -0.478 e. The van der Waals surface area contributed by atoms with E-state index in [1.807, 2.05) is 19.9 Å². The van der Waals surface area contributed by atoms with Gasteiger partial charge in [0.05, 0.1) is 5.56 Å². The van der Waals surface area contributed by atoms with Crippen LogP contribution in [0, 0.1) is 13.8 Å². The van der Waals surface area contributed by atoms with Crippen LogP contribution in [0.15, 0.2) is 23.7 Å². The number of aromatic nitrogens is 1. The molecule has 1 heterocycles. The van der Waals surface area contributed by atoms with Crippen molar-refractivity contribution in [3.8, 4) is 0 Å². The van der Waals surface area contributed by atoms with Gasteiger partial charge >= 0.3 is 5.97 Å². The maximum absolute atomic E-state index is 11.2. The van der Waals surface area contributed by atoms with Crippen LogP contribution in [-0.2, 0) is 0 Å². The lowest BCUT2D eigenvalue weighted by molar-refractivity contribution is 0.0691. The zero-order valence-corrected chi connectivity index (χ0v) is 11.0. The second kappa shape index (κ2) is 6.45. The Morgan fingerprint density at radius 3 is 2.88 bits per heavy atom. The van der Waals surface area contributed by atoms with Crippen molar-refractivity contribution in [2.24, 2.45) is 0 Å². The molecule has 1 aromatic heterocycles. The van der Waals surface area contributed by atoms with Gasteiger partial charge < -0.3 is 5.11 Å². The maximum Gasteiger partial charge on any atom is 0.338 e. The third-order valence-electron chi connectivity index (χ3n) is 2.32. The van der Waals surface area contributed by atoms with Gasteiger partial charge in [-0.15, -0.1) is 18.3 Å². The molecule has 0 fully saturated rings. The second-order valence-corrected chi connectivity index (χ2v) is 4.93. The van der Waals surface area contributed by atoms with E-state index >= 15 is 0 Å². The third-order valence-corrected chi connectivity index (χ3v) is 3.38. The van der Waals surface area contributed by atoms with Crippen LogP contribution >= 0.6 is 11.8 Å². The average molecular weight is 251 g/mol. The number of allylic oxidation sites excluding steroid dienone is 1. The summed E-state index contributed by atoms with van der Waals surface area (Å²) >= 11 is 1.50. The van der Waals surface area contributed by atoms with Crippen LogP contribution in [0.5, 0.6) is 0 Å². The summed E-state index contributed by atoms with van der Waals surface area (Å²) in [6, 6.07) is 1.80. The standard InChI is InChI=1S/C13H17NO2S/c1-4-5-6-7-17-12-11(13(15)16)9(2)8-10(3)14-12/h4,8H,1,5-7H2,2-3H3,(H,15,16). The van der Waals surface area contributed by atoms with Crippen molar-refractivity contribution in [1.82, 2.24) is 4.98 Å². The molecular formula is C13H17NO2S. The third kappa shape index (κ3) is 3.89. The molecule has 1 aromatic rings. The number of pyridine rings is 1. The van der Waals surface area contributed by atoms with E-state index in [0.717, 1.165) is 29.9 Å². The largest absolute Gasteiger partial charge is 0.478 e. The average Bonchev–Trinajstić information content (AvgIpc) is 2.22. The summed E-state index contributed by atoms with van der Waals surface area (Å²) in [6.45, 7) is 7.35. The molecule has 0 amide bonds. The van der Waals surface area contributed by atoms with Crippen molar-refractivity contribution in [3.05, 3.63) is 35.5 Å². The van der Waals surface area contributed by atoms with E-state index in [2.05, 4.69) is 11.6 Å². The van der Waals surface area contributed by atoms with Crippen LogP contribution in [0.1, 0.15) is 34.5 Å². The minimum atomic E-state index is -0.902. The normalized spacial score (nSPS) is 10.2. The Kier molecular flexibility index (Phi) is 5.22. The van der Waals surface area contributed by atoms with Crippen molar-refractivity contribution in [2.45, 2.75) is 31.7 Å². The Bertz CT molecular complexity index is 430. The van der Waals surface area contributed by atoms with E-state index in [4.69, 9.17) is 0 Å². The number of carboxylic acid groups (broad SMARTS) is 1. The molecule has 1 N–H and O–H groups in total. The number of aryl methyl sites for hydroxylation is 2. The predicted octanol–water partition coefficient (Wildman–Crippen LogP) is 3.45. The molecular weight excluding hydrogens is 234 g/mol. The van der Waals surface area contributed by atoms with Crippen molar-refractivity contribution in [3.63, 3.8) is 0 Å². The van der Waals surface area contributed by atoms with E-state index in [1.54, 1.807) is 6.07 Å². The van der Waals surface area contributed by atoms with Gasteiger partial charge in [0.25, 0.3) is 0 Å². The number of hydrogen-bond acceptors (Lipinski definition) is 3. The topological polar surface area (TPSA) is 50.2 Å². The van der Waals surface area contributed by atoms with Crippen LogP contribution in [0.3, 0.4) is 0 Å². The molecule has 0 radical (unpaired) electrons. The Morgan fingerprint density at radius 2 is 2.29 bits per heavy atom. The number of carboxylic acids is 1. The van der Waals surface area contributed by atoms with Crippen molar-refractivity contribution in [2.75, 3.05) is 5.75 Å². The predicted molar refractivity (Wildman–Crippen MR) is 70.8 cm³/mol. The van der Waals surface area contributed by atoms with Crippen LogP contribution in [0.2, 0.25) is 0 Å². The lowest BCUT2D eigenvalue weighted by atomic mass is 10.1. The number of aromatic carboxylic acids is 1. The molecule has 3 nitrogen and oxygen atoms in total. The molecule has 0 spiro atoms. The number of thioether (sulfide) groups is 1. The highest BCUT2D eigenvalue weighted by Gasteiger charge is 2.15. The highest BCUT2D eigenvalue weighted by molar-refractivity contribution is 7.99. The number of nitrogens with zero attached hydrogens (tertiary/aromatic N) is 1. The summed E-state index contributed by atoms with van der Waals surface area (Å²) < 4.78 is 0. The van der Waals surface area contributed by atoms with Crippen LogP contribution < -0.4 is 0 Å². The molecule has 0 aliphatic carbocycles. The van der Waals surface area contributed by atoms with E-state index in [1.165, 1.54) is 11.8 Å². The summed E-state index contributed by atoms with van der Waals surface area (Å²) in [5, 5.41) is 9.79. The molecule has 0 saturated carbocycles. The van der Waals surface area contributed by atoms with E-state index < -0.39 is 5.97 Å². The van der Waals surface area contributed by atoms with Gasteiger partial charge in [0, 0.05) is 5.69 Å². The Hall–Kier alpha value is -1.29. The molecule has 4 heteroatoms. The summed E-state index contributed by atoms with van der Waals surface area (Å²) in [5.74, 6) is -0.0384. The van der Waals surface area contributed by atoms with Gasteiger partial charge in [-0.05, 0) is 44.1 Å². The summed E-state index contributed by atoms with van der Waals surface area (Å²) in [5.41, 5.74) is 1.97. The van der Waals surface area contributed by atoms with E-state index in [0.29, 0.717) is 10.6 Å². The zero-order valence-electron chi connectivity index (χ0n) is 10.2. The number of carbonyl (C=O) groups is 1. The fourth-order valence-electron chi connectivity index (χ4n) is 1.56. The first-order valence-electron chi connectivity index (χ1n) is 5.51. The first-order chi connectivity index (χ1) is 8.06. The van der Waals surface area contributed by atoms with Crippen LogP contribution in [-0.4, -0.2) is 21.8 Å². The van der Waals surface area contributed by atoms with Gasteiger partial charge in [0.1, 0.15) is 5.03 Å². The molecule has 0 atom stereocenters. The molecule has 0 aromatic carbocycles. The summed E-state index contributed by atoms with van der Waals surface area (Å²) in [6.07, 6.45) is 3.80. The molecule has 92 valence electrons. The van der Waals surface area contributed by atoms with E-state index in [9.17, 15) is 9.90 Å². The molecule has 0 saturated heterocycles. The van der Waals surface area contributed by atoms with Crippen LogP contribution in [0.4, 0.5) is 0 Å². The lowest BCUT2D eigenvalue weighted by Gasteiger charge is -2.08. The summed E-state index contributed by atoms with van der Waals surface area (Å²) in [7, 11) is 0. The Morgan fingerprint density at radius 1 is 1.59 bits per heavy atom. The monoisotopic (exact) mass is 251 g/mol. The molecule has 0 aliphatic heterocycles. The van der Waals surface area contributed by atoms with Crippen molar-refractivity contribution in [1.29, 1.82) is 0 Å².